The smallest absolute Gasteiger partial charge is 0.276 e. The van der Waals surface area contributed by atoms with Crippen LogP contribution in [0.25, 0.3) is 0 Å². The van der Waals surface area contributed by atoms with Crippen LogP contribution < -0.4 is 5.32 Å². The van der Waals surface area contributed by atoms with Gasteiger partial charge in [0.25, 0.3) is 5.91 Å². The zero-order valence-corrected chi connectivity index (χ0v) is 13.7. The first kappa shape index (κ1) is 17.2. The summed E-state index contributed by atoms with van der Waals surface area (Å²) in [5, 5.41) is 7.45. The first-order valence-electron chi connectivity index (χ1n) is 7.73. The normalized spacial score (nSPS) is 19.0. The second-order valence-corrected chi connectivity index (χ2v) is 6.03. The average Bonchev–Trinajstić information content (AvgIpc) is 3.23. The van der Waals surface area contributed by atoms with Crippen LogP contribution in [-0.4, -0.2) is 48.7 Å². The third kappa shape index (κ3) is 4.44. The number of hydrogen-bond acceptors (Lipinski definition) is 5. The molecule has 0 spiro atoms. The number of aromatic nitrogens is 1. The summed E-state index contributed by atoms with van der Waals surface area (Å²) in [6.07, 6.45) is 4.78. The monoisotopic (exact) mass is 329 g/mol. The largest absolute Gasteiger partial charge is 0.377 e. The van der Waals surface area contributed by atoms with Crippen molar-refractivity contribution in [1.82, 2.24) is 15.4 Å². The minimum Gasteiger partial charge on any atom is -0.377 e. The molecule has 0 unspecified atom stereocenters. The molecule has 0 radical (unpaired) electrons. The Balaban J connectivity index is 0.00000176. The van der Waals surface area contributed by atoms with Crippen LogP contribution in [-0.2, 0) is 11.3 Å². The Labute approximate surface area is 137 Å². The lowest BCUT2D eigenvalue weighted by Crippen LogP contribution is -2.45. The van der Waals surface area contributed by atoms with Gasteiger partial charge in [0.05, 0.1) is 0 Å². The molecule has 22 heavy (non-hydrogen) atoms. The van der Waals surface area contributed by atoms with Gasteiger partial charge in [0.15, 0.2) is 11.5 Å². The van der Waals surface area contributed by atoms with Gasteiger partial charge in [-0.1, -0.05) is 5.16 Å². The highest BCUT2D eigenvalue weighted by Crippen LogP contribution is 2.28. The second kappa shape index (κ2) is 7.94. The number of nitrogens with one attached hydrogen (secondary N) is 1. The molecule has 1 aromatic heterocycles. The van der Waals surface area contributed by atoms with Crippen molar-refractivity contribution in [2.75, 3.05) is 26.7 Å². The van der Waals surface area contributed by atoms with E-state index >= 15 is 0 Å². The number of halogens is 1. The molecule has 1 aromatic rings. The standard InChI is InChI=1S/C15H23N3O3.ClH/c1-20-10-13-8-14(17-21-13)15(19)18-6-4-12(5-7-18)16-9-11-2-3-11;/h8,11-12,16H,2-7,9-10H2,1H3;1H. The van der Waals surface area contributed by atoms with Crippen molar-refractivity contribution in [2.24, 2.45) is 5.92 Å². The van der Waals surface area contributed by atoms with E-state index in [1.807, 2.05) is 4.90 Å². The lowest BCUT2D eigenvalue weighted by molar-refractivity contribution is 0.0694. The number of carbonyl (C=O) groups excluding carboxylic acids is 1. The van der Waals surface area contributed by atoms with Gasteiger partial charge in [0.1, 0.15) is 6.61 Å². The van der Waals surface area contributed by atoms with Crippen LogP contribution in [0.15, 0.2) is 10.6 Å². The SMILES string of the molecule is COCc1cc(C(=O)N2CCC(NCC3CC3)CC2)no1.Cl. The summed E-state index contributed by atoms with van der Waals surface area (Å²) in [4.78, 5) is 14.2. The van der Waals surface area contributed by atoms with E-state index < -0.39 is 0 Å². The highest BCUT2D eigenvalue weighted by atomic mass is 35.5. The Morgan fingerprint density at radius 3 is 2.77 bits per heavy atom. The predicted molar refractivity (Wildman–Crippen MR) is 84.1 cm³/mol. The minimum atomic E-state index is -0.0401. The minimum absolute atomic E-state index is 0. The third-order valence-electron chi connectivity index (χ3n) is 4.24. The van der Waals surface area contributed by atoms with E-state index in [4.69, 9.17) is 9.26 Å². The van der Waals surface area contributed by atoms with Crippen LogP contribution in [0.3, 0.4) is 0 Å². The maximum Gasteiger partial charge on any atom is 0.276 e. The fourth-order valence-corrected chi connectivity index (χ4v) is 2.73. The van der Waals surface area contributed by atoms with Gasteiger partial charge >= 0.3 is 0 Å². The lowest BCUT2D eigenvalue weighted by Gasteiger charge is -2.32. The molecule has 2 fully saturated rings. The highest BCUT2D eigenvalue weighted by Gasteiger charge is 2.27. The van der Waals surface area contributed by atoms with E-state index in [2.05, 4.69) is 10.5 Å². The molecule has 1 saturated carbocycles. The van der Waals surface area contributed by atoms with Crippen molar-refractivity contribution >= 4 is 18.3 Å². The van der Waals surface area contributed by atoms with Crippen LogP contribution in [0.1, 0.15) is 41.9 Å². The molecule has 124 valence electrons. The molecule has 2 aliphatic rings. The molecule has 1 amide bonds. The zero-order chi connectivity index (χ0) is 14.7. The molecule has 0 atom stereocenters. The molecule has 1 saturated heterocycles. The summed E-state index contributed by atoms with van der Waals surface area (Å²) in [5.41, 5.74) is 0.381. The number of amides is 1. The lowest BCUT2D eigenvalue weighted by atomic mass is 10.0. The Morgan fingerprint density at radius 2 is 2.14 bits per heavy atom. The maximum atomic E-state index is 12.3. The Bertz CT molecular complexity index is 482. The van der Waals surface area contributed by atoms with E-state index in [9.17, 15) is 4.79 Å². The Morgan fingerprint density at radius 1 is 1.41 bits per heavy atom. The molecule has 6 nitrogen and oxygen atoms in total. The number of rotatable bonds is 6. The molecule has 1 aliphatic carbocycles. The van der Waals surface area contributed by atoms with Gasteiger partial charge in [-0.15, -0.1) is 12.4 Å². The van der Waals surface area contributed by atoms with Crippen molar-refractivity contribution in [3.8, 4) is 0 Å². The topological polar surface area (TPSA) is 67.6 Å². The molecule has 0 bridgehead atoms. The Kier molecular flexibility index (Phi) is 6.23. The predicted octanol–water partition coefficient (Wildman–Crippen LogP) is 1.85. The van der Waals surface area contributed by atoms with Crippen molar-refractivity contribution in [1.29, 1.82) is 0 Å². The summed E-state index contributed by atoms with van der Waals surface area (Å²) in [5.74, 6) is 1.45. The van der Waals surface area contributed by atoms with E-state index in [1.165, 1.54) is 12.8 Å². The summed E-state index contributed by atoms with van der Waals surface area (Å²) in [6, 6.07) is 2.22. The molecule has 0 aromatic carbocycles. The summed E-state index contributed by atoms with van der Waals surface area (Å²) in [6.45, 7) is 3.05. The van der Waals surface area contributed by atoms with Crippen LogP contribution in [0.2, 0.25) is 0 Å². The highest BCUT2D eigenvalue weighted by molar-refractivity contribution is 5.92. The fourth-order valence-electron chi connectivity index (χ4n) is 2.73. The van der Waals surface area contributed by atoms with Gasteiger partial charge < -0.3 is 19.5 Å². The third-order valence-corrected chi connectivity index (χ3v) is 4.24. The van der Waals surface area contributed by atoms with Gasteiger partial charge in [0.2, 0.25) is 0 Å². The van der Waals surface area contributed by atoms with Crippen molar-refractivity contribution in [3.63, 3.8) is 0 Å². The summed E-state index contributed by atoms with van der Waals surface area (Å²) >= 11 is 0. The van der Waals surface area contributed by atoms with Crippen molar-refractivity contribution in [2.45, 2.75) is 38.3 Å². The Hall–Kier alpha value is -1.11. The summed E-state index contributed by atoms with van der Waals surface area (Å²) < 4.78 is 10.0. The quantitative estimate of drug-likeness (QED) is 0.862. The number of carbonyl (C=O) groups is 1. The molecular formula is C15H24ClN3O3. The summed E-state index contributed by atoms with van der Waals surface area (Å²) in [7, 11) is 1.59. The molecule has 3 rings (SSSR count). The van der Waals surface area contributed by atoms with Crippen LogP contribution in [0.4, 0.5) is 0 Å². The van der Waals surface area contributed by atoms with Gasteiger partial charge in [-0.3, -0.25) is 4.79 Å². The first-order valence-corrected chi connectivity index (χ1v) is 7.73. The first-order chi connectivity index (χ1) is 10.3. The van der Waals surface area contributed by atoms with Crippen molar-refractivity contribution in [3.05, 3.63) is 17.5 Å². The second-order valence-electron chi connectivity index (χ2n) is 6.03. The molecule has 1 N–H and O–H groups in total. The van der Waals surface area contributed by atoms with Gasteiger partial charge in [-0.05, 0) is 38.1 Å². The van der Waals surface area contributed by atoms with Gasteiger partial charge in [0, 0.05) is 32.3 Å². The number of methoxy groups -OCH3 is 1. The molecule has 7 heteroatoms. The maximum absolute atomic E-state index is 12.3. The molecule has 1 aliphatic heterocycles. The van der Waals surface area contributed by atoms with Crippen molar-refractivity contribution < 1.29 is 14.1 Å². The van der Waals surface area contributed by atoms with E-state index in [-0.39, 0.29) is 18.3 Å². The van der Waals surface area contributed by atoms with Gasteiger partial charge in [-0.2, -0.15) is 0 Å². The molecular weight excluding hydrogens is 306 g/mol. The van der Waals surface area contributed by atoms with Crippen LogP contribution in [0.5, 0.6) is 0 Å². The molecule has 2 heterocycles. The number of piperidine rings is 1. The number of ether oxygens (including phenoxy) is 1. The van der Waals surface area contributed by atoms with E-state index in [0.717, 1.165) is 38.4 Å². The number of nitrogens with zero attached hydrogens (tertiary/aromatic N) is 2. The van der Waals surface area contributed by atoms with Crippen LogP contribution in [0, 0.1) is 5.92 Å². The number of likely N-dealkylation sites (tertiary alicyclic amines) is 1. The average molecular weight is 330 g/mol. The van der Waals surface area contributed by atoms with Gasteiger partial charge in [-0.25, -0.2) is 0 Å². The van der Waals surface area contributed by atoms with E-state index in [0.29, 0.717) is 24.1 Å². The fraction of sp³-hybridized carbons (Fsp3) is 0.733. The zero-order valence-electron chi connectivity index (χ0n) is 12.9. The number of hydrogen-bond donors (Lipinski definition) is 1. The van der Waals surface area contributed by atoms with E-state index in [1.54, 1.807) is 13.2 Å². The van der Waals surface area contributed by atoms with Crippen LogP contribution >= 0.6 is 12.4 Å².